The third-order valence-corrected chi connectivity index (χ3v) is 5.86. The van der Waals surface area contributed by atoms with E-state index in [2.05, 4.69) is 0 Å². The van der Waals surface area contributed by atoms with Gasteiger partial charge < -0.3 is 5.11 Å². The Bertz CT molecular complexity index is 761. The lowest BCUT2D eigenvalue weighted by atomic mass is 9.36. The second-order valence-electron chi connectivity index (χ2n) is 6.90. The number of carboxylic acid groups (broad SMARTS) is 1. The standard InChI is InChI=1S/C13H3F15O2/c14-5-8(17,18)4(2-1-3(29)30)9(19,20)6(15,11(5,23)24)13(27,28)7(16,10(4,21)22)12(5,25)26/h1-2H,(H,29,30). The number of aliphatic carboxylic acids is 1. The number of rotatable bonds is 2. The zero-order valence-corrected chi connectivity index (χ0v) is 13.2. The molecule has 30 heavy (non-hydrogen) atoms. The lowest BCUT2D eigenvalue weighted by Gasteiger charge is -2.74. The summed E-state index contributed by atoms with van der Waals surface area (Å²) in [5.41, 5.74) is -30.0. The van der Waals surface area contributed by atoms with Gasteiger partial charge in [-0.3, -0.25) is 0 Å². The first-order valence-electron chi connectivity index (χ1n) is 7.17. The van der Waals surface area contributed by atoms with E-state index in [4.69, 9.17) is 5.11 Å². The molecule has 0 aromatic rings. The lowest BCUT2D eigenvalue weighted by molar-refractivity contribution is -0.604. The van der Waals surface area contributed by atoms with Crippen molar-refractivity contribution in [3.05, 3.63) is 12.2 Å². The third-order valence-electron chi connectivity index (χ3n) is 5.86. The molecule has 0 amide bonds. The van der Waals surface area contributed by atoms with E-state index in [1.54, 1.807) is 0 Å². The van der Waals surface area contributed by atoms with Crippen LogP contribution in [0.2, 0.25) is 0 Å². The van der Waals surface area contributed by atoms with Crippen LogP contribution in [0.1, 0.15) is 0 Å². The van der Waals surface area contributed by atoms with Crippen LogP contribution in [0.15, 0.2) is 12.2 Å². The highest BCUT2D eigenvalue weighted by Crippen LogP contribution is 2.90. The molecule has 0 aromatic carbocycles. The zero-order valence-electron chi connectivity index (χ0n) is 13.2. The maximum absolute atomic E-state index is 14.6. The normalized spacial score (nSPS) is 48.1. The molecule has 172 valence electrons. The fraction of sp³-hybridized carbons (Fsp3) is 0.769. The lowest BCUT2D eigenvalue weighted by Crippen LogP contribution is -3.07. The van der Waals surface area contributed by atoms with E-state index < -0.39 is 76.1 Å². The van der Waals surface area contributed by atoms with Gasteiger partial charge in [-0.15, -0.1) is 0 Å². The van der Waals surface area contributed by atoms with Crippen LogP contribution < -0.4 is 0 Å². The second-order valence-corrected chi connectivity index (χ2v) is 6.90. The van der Waals surface area contributed by atoms with Crippen molar-refractivity contribution in [1.29, 1.82) is 0 Å². The molecule has 4 saturated carbocycles. The van der Waals surface area contributed by atoms with E-state index in [0.717, 1.165) is 0 Å². The Morgan fingerprint density at radius 2 is 0.733 bits per heavy atom. The SMILES string of the molecule is O=C(O)C=CC12C(F)(F)C3(F)C(F)(F)C(F)(C(F)(F)C(F)(C3(F)F)C1(F)F)C2(F)F. The van der Waals surface area contributed by atoms with Gasteiger partial charge in [-0.05, 0) is 0 Å². The molecule has 17 heteroatoms. The highest BCUT2D eigenvalue weighted by atomic mass is 19.3. The van der Waals surface area contributed by atoms with Gasteiger partial charge in [0, 0.05) is 6.08 Å². The van der Waals surface area contributed by atoms with Crippen LogP contribution in [0.3, 0.4) is 0 Å². The Morgan fingerprint density at radius 3 is 0.933 bits per heavy atom. The van der Waals surface area contributed by atoms with Gasteiger partial charge in [-0.1, -0.05) is 6.08 Å². The molecule has 0 saturated heterocycles. The molecule has 4 aliphatic carbocycles. The van der Waals surface area contributed by atoms with Gasteiger partial charge in [0.05, 0.1) is 0 Å². The first kappa shape index (κ1) is 22.8. The van der Waals surface area contributed by atoms with Crippen molar-refractivity contribution in [3.8, 4) is 0 Å². The van der Waals surface area contributed by atoms with Crippen molar-refractivity contribution >= 4 is 5.97 Å². The minimum atomic E-state index is -7.87. The fourth-order valence-electron chi connectivity index (χ4n) is 4.40. The van der Waals surface area contributed by atoms with Crippen LogP contribution in [0, 0.1) is 5.41 Å². The minimum absolute atomic E-state index is 1.21. The predicted molar refractivity (Wildman–Crippen MR) is 60.4 cm³/mol. The van der Waals surface area contributed by atoms with Crippen molar-refractivity contribution in [2.45, 2.75) is 52.5 Å². The van der Waals surface area contributed by atoms with Gasteiger partial charge in [0.25, 0.3) is 0 Å². The van der Waals surface area contributed by atoms with Gasteiger partial charge in [-0.2, -0.15) is 26.3 Å². The molecule has 4 fully saturated rings. The van der Waals surface area contributed by atoms with Crippen molar-refractivity contribution in [1.82, 2.24) is 0 Å². The average Bonchev–Trinajstić information content (AvgIpc) is 2.54. The molecule has 0 radical (unpaired) electrons. The largest absolute Gasteiger partial charge is 0.478 e. The second kappa shape index (κ2) is 4.66. The monoisotopic (exact) mass is 476 g/mol. The molecule has 0 spiro atoms. The highest BCUT2D eigenvalue weighted by molar-refractivity contribution is 5.80. The van der Waals surface area contributed by atoms with Gasteiger partial charge in [0.1, 0.15) is 0 Å². The summed E-state index contributed by atoms with van der Waals surface area (Å²) in [5, 5.41) is 8.28. The number of alkyl halides is 15. The Kier molecular flexibility index (Phi) is 3.55. The molecule has 0 heterocycles. The van der Waals surface area contributed by atoms with E-state index >= 15 is 0 Å². The number of carboxylic acids is 1. The summed E-state index contributed by atoms with van der Waals surface area (Å²) >= 11 is 0. The molecule has 4 bridgehead atoms. The Morgan fingerprint density at radius 1 is 0.500 bits per heavy atom. The quantitative estimate of drug-likeness (QED) is 0.468. The summed E-state index contributed by atoms with van der Waals surface area (Å²) in [5.74, 6) is -49.2. The van der Waals surface area contributed by atoms with Crippen LogP contribution in [0.25, 0.3) is 0 Å². The van der Waals surface area contributed by atoms with Crippen LogP contribution in [0.5, 0.6) is 0 Å². The van der Waals surface area contributed by atoms with Gasteiger partial charge >= 0.3 is 58.5 Å². The smallest absolute Gasteiger partial charge is 0.339 e. The Balaban J connectivity index is 2.73. The minimum Gasteiger partial charge on any atom is -0.478 e. The van der Waals surface area contributed by atoms with Gasteiger partial charge in [0.2, 0.25) is 0 Å². The number of hydrogen-bond donors (Lipinski definition) is 1. The van der Waals surface area contributed by atoms with Gasteiger partial charge in [-0.25, -0.2) is 44.3 Å². The maximum Gasteiger partial charge on any atom is 0.339 e. The van der Waals surface area contributed by atoms with Crippen LogP contribution in [-0.2, 0) is 4.79 Å². The molecule has 0 atom stereocenters. The molecule has 4 rings (SSSR count). The zero-order chi connectivity index (χ0) is 24.0. The van der Waals surface area contributed by atoms with Gasteiger partial charge in [0.15, 0.2) is 5.41 Å². The molecule has 1 N–H and O–H groups in total. The first-order valence-corrected chi connectivity index (χ1v) is 7.17. The Hall–Kier alpha value is -1.84. The van der Waals surface area contributed by atoms with Crippen molar-refractivity contribution < 1.29 is 75.8 Å². The van der Waals surface area contributed by atoms with E-state index in [-0.39, 0.29) is 0 Å². The predicted octanol–water partition coefficient (Wildman–Crippen LogP) is 4.59. The number of carbonyl (C=O) groups is 1. The Labute approximate surface area is 153 Å². The summed E-state index contributed by atoms with van der Waals surface area (Å²) in [6.45, 7) is 0. The molecule has 0 unspecified atom stereocenters. The van der Waals surface area contributed by atoms with E-state index in [1.165, 1.54) is 0 Å². The molecular formula is C13H3F15O2. The molecule has 4 aliphatic rings. The van der Waals surface area contributed by atoms with E-state index in [1.807, 2.05) is 0 Å². The number of allylic oxidation sites excluding steroid dienone is 1. The van der Waals surface area contributed by atoms with Crippen LogP contribution >= 0.6 is 0 Å². The molecule has 0 aromatic heterocycles. The summed E-state index contributed by atoms with van der Waals surface area (Å²) in [4.78, 5) is 10.4. The summed E-state index contributed by atoms with van der Waals surface area (Å²) < 4.78 is 215. The maximum atomic E-state index is 14.6. The van der Waals surface area contributed by atoms with Crippen molar-refractivity contribution in [3.63, 3.8) is 0 Å². The summed E-state index contributed by atoms with van der Waals surface area (Å²) in [6, 6.07) is 0. The van der Waals surface area contributed by atoms with Crippen LogP contribution in [0.4, 0.5) is 65.9 Å². The van der Waals surface area contributed by atoms with Crippen molar-refractivity contribution in [2.24, 2.45) is 5.41 Å². The molecule has 0 aliphatic heterocycles. The topological polar surface area (TPSA) is 37.3 Å². The molecular weight excluding hydrogens is 473 g/mol. The van der Waals surface area contributed by atoms with Crippen LogP contribution in [-0.4, -0.2) is 63.6 Å². The van der Waals surface area contributed by atoms with E-state index in [9.17, 15) is 70.7 Å². The first-order chi connectivity index (χ1) is 12.9. The average molecular weight is 476 g/mol. The summed E-state index contributed by atoms with van der Waals surface area (Å²) in [6.07, 6.45) is -3.04. The molecule has 2 nitrogen and oxygen atoms in total. The fourth-order valence-corrected chi connectivity index (χ4v) is 4.40. The van der Waals surface area contributed by atoms with Crippen molar-refractivity contribution in [2.75, 3.05) is 0 Å². The van der Waals surface area contributed by atoms with E-state index in [0.29, 0.717) is 0 Å². The number of hydrogen-bond acceptors (Lipinski definition) is 1. The summed E-state index contributed by atoms with van der Waals surface area (Å²) in [7, 11) is 0. The third kappa shape index (κ3) is 1.32. The highest BCUT2D eigenvalue weighted by Gasteiger charge is 3.22. The number of halogens is 15.